The number of nitrogens with one attached hydrogen (secondary N) is 1. The van der Waals surface area contributed by atoms with Crippen LogP contribution in [0.3, 0.4) is 0 Å². The van der Waals surface area contributed by atoms with Gasteiger partial charge in [-0.2, -0.15) is 11.8 Å². The fourth-order valence-electron chi connectivity index (χ4n) is 2.69. The van der Waals surface area contributed by atoms with Crippen LogP contribution in [0.1, 0.15) is 12.5 Å². The minimum atomic E-state index is -0.542. The predicted octanol–water partition coefficient (Wildman–Crippen LogP) is 5.31. The van der Waals surface area contributed by atoms with Gasteiger partial charge in [0.25, 0.3) is 5.91 Å². The number of halogens is 1. The van der Waals surface area contributed by atoms with Crippen molar-refractivity contribution in [3.05, 3.63) is 77.3 Å². The number of benzene rings is 3. The smallest absolute Gasteiger partial charge is 0.260 e. The Morgan fingerprint density at radius 3 is 2.63 bits per heavy atom. The highest BCUT2D eigenvalue weighted by molar-refractivity contribution is 7.98. The molecule has 5 heteroatoms. The van der Waals surface area contributed by atoms with Gasteiger partial charge in [0.1, 0.15) is 5.75 Å². The molecule has 0 fully saturated rings. The van der Waals surface area contributed by atoms with E-state index >= 15 is 0 Å². The molecule has 1 N–H and O–H groups in total. The van der Waals surface area contributed by atoms with Crippen LogP contribution in [0.15, 0.2) is 66.7 Å². The van der Waals surface area contributed by atoms with Crippen LogP contribution in [0.2, 0.25) is 5.02 Å². The molecule has 0 aliphatic carbocycles. The minimum absolute atomic E-state index is 0.110. The summed E-state index contributed by atoms with van der Waals surface area (Å²) < 4.78 is 5.79. The van der Waals surface area contributed by atoms with Crippen molar-refractivity contribution in [3.63, 3.8) is 0 Å². The van der Waals surface area contributed by atoms with Gasteiger partial charge in [0, 0.05) is 23.1 Å². The molecule has 1 atom stereocenters. The van der Waals surface area contributed by atoms with Crippen LogP contribution in [0, 0.1) is 0 Å². The number of carbonyl (C=O) groups excluding carboxylic acids is 1. The van der Waals surface area contributed by atoms with Gasteiger partial charge in [0.05, 0.1) is 0 Å². The van der Waals surface area contributed by atoms with Crippen molar-refractivity contribution in [2.24, 2.45) is 0 Å². The molecule has 0 unspecified atom stereocenters. The Bertz CT molecular complexity index is 915. The third-order valence-electron chi connectivity index (χ3n) is 4.16. The summed E-state index contributed by atoms with van der Waals surface area (Å²) >= 11 is 7.88. The molecule has 3 rings (SSSR count). The zero-order valence-electron chi connectivity index (χ0n) is 15.2. The van der Waals surface area contributed by atoms with E-state index in [1.165, 1.54) is 0 Å². The third-order valence-corrected chi connectivity index (χ3v) is 5.54. The van der Waals surface area contributed by atoms with Crippen molar-refractivity contribution < 1.29 is 9.53 Å². The number of ether oxygens (including phenoxy) is 1. The number of hydrogen-bond donors (Lipinski definition) is 1. The van der Waals surface area contributed by atoms with E-state index in [0.717, 1.165) is 32.9 Å². The second-order valence-electron chi connectivity index (χ2n) is 6.20. The van der Waals surface area contributed by atoms with Crippen molar-refractivity contribution >= 4 is 40.0 Å². The maximum Gasteiger partial charge on any atom is 0.260 e. The Morgan fingerprint density at radius 2 is 1.81 bits per heavy atom. The van der Waals surface area contributed by atoms with Crippen LogP contribution in [-0.4, -0.2) is 24.3 Å². The average Bonchev–Trinajstić information content (AvgIpc) is 2.68. The second-order valence-corrected chi connectivity index (χ2v) is 7.72. The first-order valence-electron chi connectivity index (χ1n) is 8.88. The summed E-state index contributed by atoms with van der Waals surface area (Å²) in [7, 11) is 0. The standard InChI is InChI=1S/C22H22ClNO2S/c1-16(26-20-11-10-17-6-2-3-7-18(17)14-20)22(25)24-12-13-27-15-19-8-4-5-9-21(19)23/h2-11,14,16H,12-13,15H2,1H3,(H,24,25)/t16-/m1/s1. The summed E-state index contributed by atoms with van der Waals surface area (Å²) in [5, 5.41) is 5.95. The van der Waals surface area contributed by atoms with Gasteiger partial charge < -0.3 is 10.1 Å². The zero-order chi connectivity index (χ0) is 19.1. The summed E-state index contributed by atoms with van der Waals surface area (Å²) in [6.45, 7) is 2.36. The van der Waals surface area contributed by atoms with Crippen LogP contribution in [0.4, 0.5) is 0 Å². The Hall–Kier alpha value is -2.17. The van der Waals surface area contributed by atoms with E-state index < -0.39 is 6.10 Å². The largest absolute Gasteiger partial charge is 0.481 e. The number of thioether (sulfide) groups is 1. The fraction of sp³-hybridized carbons (Fsp3) is 0.227. The second kappa shape index (κ2) is 9.67. The van der Waals surface area contributed by atoms with Crippen LogP contribution < -0.4 is 10.1 Å². The highest BCUT2D eigenvalue weighted by atomic mass is 35.5. The molecule has 0 spiro atoms. The van der Waals surface area contributed by atoms with Gasteiger partial charge in [-0.05, 0) is 41.5 Å². The lowest BCUT2D eigenvalue weighted by atomic mass is 10.1. The van der Waals surface area contributed by atoms with Crippen molar-refractivity contribution in [1.29, 1.82) is 0 Å². The molecule has 0 saturated carbocycles. The first-order valence-corrected chi connectivity index (χ1v) is 10.4. The first kappa shape index (κ1) is 19.6. The summed E-state index contributed by atoms with van der Waals surface area (Å²) in [5.74, 6) is 2.24. The Kier molecular flexibility index (Phi) is 7.02. The van der Waals surface area contributed by atoms with Crippen molar-refractivity contribution in [2.45, 2.75) is 18.8 Å². The van der Waals surface area contributed by atoms with Gasteiger partial charge in [-0.1, -0.05) is 60.1 Å². The molecule has 27 heavy (non-hydrogen) atoms. The number of rotatable bonds is 8. The molecule has 0 aromatic heterocycles. The van der Waals surface area contributed by atoms with E-state index in [0.29, 0.717) is 12.3 Å². The third kappa shape index (κ3) is 5.65. The van der Waals surface area contributed by atoms with E-state index in [-0.39, 0.29) is 5.91 Å². The monoisotopic (exact) mass is 399 g/mol. The summed E-state index contributed by atoms with van der Waals surface area (Å²) in [6.07, 6.45) is -0.542. The topological polar surface area (TPSA) is 38.3 Å². The fourth-order valence-corrected chi connectivity index (χ4v) is 3.83. The molecule has 0 aliphatic heterocycles. The minimum Gasteiger partial charge on any atom is -0.481 e. The number of hydrogen-bond acceptors (Lipinski definition) is 3. The average molecular weight is 400 g/mol. The lowest BCUT2D eigenvalue weighted by molar-refractivity contribution is -0.127. The lowest BCUT2D eigenvalue weighted by Crippen LogP contribution is -2.37. The molecular formula is C22H22ClNO2S. The van der Waals surface area contributed by atoms with Gasteiger partial charge in [0.15, 0.2) is 6.10 Å². The molecule has 0 radical (unpaired) electrons. The van der Waals surface area contributed by atoms with Crippen LogP contribution >= 0.6 is 23.4 Å². The van der Waals surface area contributed by atoms with Gasteiger partial charge >= 0.3 is 0 Å². The van der Waals surface area contributed by atoms with E-state index in [9.17, 15) is 4.79 Å². The van der Waals surface area contributed by atoms with Gasteiger partial charge in [-0.25, -0.2) is 0 Å². The Morgan fingerprint density at radius 1 is 1.07 bits per heavy atom. The van der Waals surface area contributed by atoms with Crippen molar-refractivity contribution in [1.82, 2.24) is 5.32 Å². The van der Waals surface area contributed by atoms with Crippen LogP contribution in [0.25, 0.3) is 10.8 Å². The predicted molar refractivity (Wildman–Crippen MR) is 115 cm³/mol. The maximum absolute atomic E-state index is 12.2. The highest BCUT2D eigenvalue weighted by Gasteiger charge is 2.14. The quantitative estimate of drug-likeness (QED) is 0.521. The summed E-state index contributed by atoms with van der Waals surface area (Å²) in [5.41, 5.74) is 1.11. The van der Waals surface area contributed by atoms with Crippen LogP contribution in [0.5, 0.6) is 5.75 Å². The molecule has 0 heterocycles. The molecule has 140 valence electrons. The highest BCUT2D eigenvalue weighted by Crippen LogP contribution is 2.22. The van der Waals surface area contributed by atoms with E-state index in [1.807, 2.05) is 60.7 Å². The van der Waals surface area contributed by atoms with Gasteiger partial charge in [-0.3, -0.25) is 4.79 Å². The first-order chi connectivity index (χ1) is 13.1. The van der Waals surface area contributed by atoms with Crippen molar-refractivity contribution in [3.8, 4) is 5.75 Å². The molecule has 1 amide bonds. The molecule has 3 aromatic rings. The number of amides is 1. The SMILES string of the molecule is C[C@@H](Oc1ccc2ccccc2c1)C(=O)NCCSCc1ccccc1Cl. The summed E-state index contributed by atoms with van der Waals surface area (Å²) in [4.78, 5) is 12.2. The maximum atomic E-state index is 12.2. The molecular weight excluding hydrogens is 378 g/mol. The van der Waals surface area contributed by atoms with Crippen LogP contribution in [-0.2, 0) is 10.5 Å². The lowest BCUT2D eigenvalue weighted by Gasteiger charge is -2.15. The summed E-state index contributed by atoms with van der Waals surface area (Å²) in [6, 6.07) is 21.7. The van der Waals surface area contributed by atoms with E-state index in [4.69, 9.17) is 16.3 Å². The molecule has 0 saturated heterocycles. The molecule has 0 bridgehead atoms. The Labute approximate surface area is 169 Å². The van der Waals surface area contributed by atoms with E-state index in [2.05, 4.69) is 11.4 Å². The van der Waals surface area contributed by atoms with Gasteiger partial charge in [0.2, 0.25) is 0 Å². The molecule has 0 aliphatic rings. The molecule has 3 nitrogen and oxygen atoms in total. The molecule has 3 aromatic carbocycles. The van der Waals surface area contributed by atoms with E-state index in [1.54, 1.807) is 18.7 Å². The Balaban J connectivity index is 1.41. The normalized spacial score (nSPS) is 11.9. The van der Waals surface area contributed by atoms with Crippen molar-refractivity contribution in [2.75, 3.05) is 12.3 Å². The van der Waals surface area contributed by atoms with Gasteiger partial charge in [-0.15, -0.1) is 0 Å². The zero-order valence-corrected chi connectivity index (χ0v) is 16.7. The number of carbonyl (C=O) groups is 1. The number of fused-ring (bicyclic) bond motifs is 1.